The second-order valence-corrected chi connectivity index (χ2v) is 13.7. The second kappa shape index (κ2) is 11.7. The number of para-hydroxylation sites is 2. The molecule has 248 valence electrons. The van der Waals surface area contributed by atoms with E-state index < -0.39 is 0 Å². The van der Waals surface area contributed by atoms with Crippen LogP contribution in [0.2, 0.25) is 0 Å². The maximum atomic E-state index is 6.84. The average molecular weight is 678 g/mol. The zero-order chi connectivity index (χ0) is 34.9. The van der Waals surface area contributed by atoms with Gasteiger partial charge in [0.2, 0.25) is 0 Å². The normalized spacial score (nSPS) is 11.8. The van der Waals surface area contributed by atoms with Gasteiger partial charge in [-0.3, -0.25) is 0 Å². The van der Waals surface area contributed by atoms with Crippen molar-refractivity contribution in [2.45, 2.75) is 0 Å². The molecule has 0 radical (unpaired) electrons. The molecule has 0 bridgehead atoms. The predicted molar refractivity (Wildman–Crippen MR) is 222 cm³/mol. The van der Waals surface area contributed by atoms with Crippen LogP contribution in [-0.4, -0.2) is 0 Å². The van der Waals surface area contributed by atoms with Crippen LogP contribution in [0.5, 0.6) is 0 Å². The van der Waals surface area contributed by atoms with Crippen molar-refractivity contribution < 1.29 is 8.83 Å². The van der Waals surface area contributed by atoms with Gasteiger partial charge in [-0.05, 0) is 86.8 Å². The van der Waals surface area contributed by atoms with Crippen LogP contribution in [0.4, 0.5) is 17.1 Å². The number of benzene rings is 9. The quantitative estimate of drug-likeness (QED) is 0.170. The minimum absolute atomic E-state index is 0.850. The smallest absolute Gasteiger partial charge is 0.145 e. The number of hydrogen-bond acceptors (Lipinski definition) is 3. The molecular formula is C50H31NO2. The van der Waals surface area contributed by atoms with Crippen LogP contribution in [-0.2, 0) is 0 Å². The Kier molecular flexibility index (Phi) is 6.55. The molecule has 0 aliphatic heterocycles. The van der Waals surface area contributed by atoms with Gasteiger partial charge < -0.3 is 13.7 Å². The van der Waals surface area contributed by atoms with Crippen molar-refractivity contribution in [3.63, 3.8) is 0 Å². The number of anilines is 3. The first-order chi connectivity index (χ1) is 26.3. The Morgan fingerprint density at radius 3 is 1.74 bits per heavy atom. The number of rotatable bonds is 5. The Hall–Kier alpha value is -7.10. The van der Waals surface area contributed by atoms with Crippen LogP contribution in [0, 0.1) is 0 Å². The molecule has 0 aliphatic carbocycles. The lowest BCUT2D eigenvalue weighted by Gasteiger charge is -2.28. The van der Waals surface area contributed by atoms with Crippen LogP contribution in [0.3, 0.4) is 0 Å². The van der Waals surface area contributed by atoms with E-state index in [9.17, 15) is 0 Å². The van der Waals surface area contributed by atoms with Gasteiger partial charge in [-0.2, -0.15) is 0 Å². The molecule has 2 heterocycles. The molecule has 0 N–H and O–H groups in total. The summed E-state index contributed by atoms with van der Waals surface area (Å²) < 4.78 is 13.3. The first-order valence-corrected chi connectivity index (χ1v) is 18.0. The highest BCUT2D eigenvalue weighted by Crippen LogP contribution is 2.49. The third kappa shape index (κ3) is 4.68. The highest BCUT2D eigenvalue weighted by Gasteiger charge is 2.25. The summed E-state index contributed by atoms with van der Waals surface area (Å²) in [6.07, 6.45) is 0. The number of hydrogen-bond donors (Lipinski definition) is 0. The van der Waals surface area contributed by atoms with E-state index in [1.165, 1.54) is 32.7 Å². The molecule has 9 aromatic carbocycles. The van der Waals surface area contributed by atoms with Gasteiger partial charge in [-0.1, -0.05) is 140 Å². The second-order valence-electron chi connectivity index (χ2n) is 13.7. The fraction of sp³-hybridized carbons (Fsp3) is 0. The zero-order valence-corrected chi connectivity index (χ0v) is 28.7. The highest BCUT2D eigenvalue weighted by molar-refractivity contribution is 6.20. The molecule has 0 saturated carbocycles. The third-order valence-corrected chi connectivity index (χ3v) is 10.7. The van der Waals surface area contributed by atoms with Gasteiger partial charge in [0, 0.05) is 22.0 Å². The largest absolute Gasteiger partial charge is 0.456 e. The summed E-state index contributed by atoms with van der Waals surface area (Å²) in [4.78, 5) is 2.40. The van der Waals surface area contributed by atoms with E-state index in [1.54, 1.807) is 0 Å². The first-order valence-electron chi connectivity index (χ1n) is 18.0. The minimum atomic E-state index is 0.850. The Morgan fingerprint density at radius 1 is 0.340 bits per heavy atom. The lowest BCUT2D eigenvalue weighted by atomic mass is 9.97. The van der Waals surface area contributed by atoms with E-state index in [-0.39, 0.29) is 0 Å². The lowest BCUT2D eigenvalue weighted by molar-refractivity contribution is 0.669. The van der Waals surface area contributed by atoms with E-state index >= 15 is 0 Å². The molecule has 11 aromatic rings. The van der Waals surface area contributed by atoms with E-state index in [0.29, 0.717) is 0 Å². The van der Waals surface area contributed by atoms with Gasteiger partial charge in [-0.15, -0.1) is 0 Å². The fourth-order valence-corrected chi connectivity index (χ4v) is 8.18. The number of nitrogens with zero attached hydrogens (tertiary/aromatic N) is 1. The van der Waals surface area contributed by atoms with Crippen LogP contribution in [0.25, 0.3) is 87.7 Å². The van der Waals surface area contributed by atoms with E-state index in [2.05, 4.69) is 175 Å². The fourth-order valence-electron chi connectivity index (χ4n) is 8.18. The van der Waals surface area contributed by atoms with Gasteiger partial charge in [0.25, 0.3) is 0 Å². The molecule has 0 fully saturated rings. The predicted octanol–water partition coefficient (Wildman–Crippen LogP) is 14.6. The van der Waals surface area contributed by atoms with Crippen molar-refractivity contribution in [1.82, 2.24) is 0 Å². The van der Waals surface area contributed by atoms with Crippen LogP contribution >= 0.6 is 0 Å². The Bertz CT molecular complexity index is 3170. The molecule has 0 saturated heterocycles. The molecule has 0 aliphatic rings. The molecule has 0 unspecified atom stereocenters. The van der Waals surface area contributed by atoms with Crippen molar-refractivity contribution in [3.8, 4) is 22.3 Å². The molecule has 2 aromatic heterocycles. The summed E-state index contributed by atoms with van der Waals surface area (Å²) in [5.41, 5.74) is 11.1. The summed E-state index contributed by atoms with van der Waals surface area (Å²) >= 11 is 0. The van der Waals surface area contributed by atoms with Gasteiger partial charge in [0.15, 0.2) is 0 Å². The number of furan rings is 2. The van der Waals surface area contributed by atoms with Gasteiger partial charge >= 0.3 is 0 Å². The van der Waals surface area contributed by atoms with Gasteiger partial charge in [0.1, 0.15) is 22.3 Å². The third-order valence-electron chi connectivity index (χ3n) is 10.7. The molecule has 0 spiro atoms. The molecule has 3 nitrogen and oxygen atoms in total. The SMILES string of the molecule is c1ccc(-c2ccc(-c3ccc(N(c4ccc5ccc6ccccc6c5c4)c4cccc5oc6ccccc6c45)c4c3oc3ccccc34)cc2)cc1. The van der Waals surface area contributed by atoms with Crippen LogP contribution < -0.4 is 4.90 Å². The van der Waals surface area contributed by atoms with E-state index in [0.717, 1.165) is 72.1 Å². The van der Waals surface area contributed by atoms with Crippen molar-refractivity contribution in [3.05, 3.63) is 188 Å². The van der Waals surface area contributed by atoms with E-state index in [1.807, 2.05) is 18.2 Å². The Labute approximate surface area is 305 Å². The summed E-state index contributed by atoms with van der Waals surface area (Å²) in [5, 5.41) is 9.14. The van der Waals surface area contributed by atoms with Crippen molar-refractivity contribution in [1.29, 1.82) is 0 Å². The molecule has 0 atom stereocenters. The van der Waals surface area contributed by atoms with Crippen LogP contribution in [0.15, 0.2) is 197 Å². The maximum Gasteiger partial charge on any atom is 0.145 e. The van der Waals surface area contributed by atoms with E-state index in [4.69, 9.17) is 8.83 Å². The Balaban J connectivity index is 1.21. The zero-order valence-electron chi connectivity index (χ0n) is 28.7. The van der Waals surface area contributed by atoms with Gasteiger partial charge in [0.05, 0.1) is 22.1 Å². The average Bonchev–Trinajstić information content (AvgIpc) is 3.81. The minimum Gasteiger partial charge on any atom is -0.456 e. The summed E-state index contributed by atoms with van der Waals surface area (Å²) in [7, 11) is 0. The molecule has 0 amide bonds. The topological polar surface area (TPSA) is 29.5 Å². The number of fused-ring (bicyclic) bond motifs is 9. The van der Waals surface area contributed by atoms with Crippen molar-refractivity contribution in [2.75, 3.05) is 4.90 Å². The summed E-state index contributed by atoms with van der Waals surface area (Å²) in [6, 6.07) is 66.7. The lowest BCUT2D eigenvalue weighted by Crippen LogP contribution is -2.11. The first kappa shape index (κ1) is 29.6. The summed E-state index contributed by atoms with van der Waals surface area (Å²) in [5.74, 6) is 0. The molecule has 11 rings (SSSR count). The monoisotopic (exact) mass is 677 g/mol. The standard InChI is InChI=1S/C50H31NO2/c1-2-11-32(12-3-1)33-21-23-35(24-22-33)39-29-30-44(49-41-16-7-9-19-46(41)53-50(39)49)51(43-17-10-20-47-48(43)40-15-6-8-18-45(40)52-47)37-28-27-36-26-25-34-13-4-5-14-38(34)42(36)31-37/h1-31H. The maximum absolute atomic E-state index is 6.84. The van der Waals surface area contributed by atoms with Crippen molar-refractivity contribution in [2.24, 2.45) is 0 Å². The molecular weight excluding hydrogens is 647 g/mol. The van der Waals surface area contributed by atoms with Gasteiger partial charge in [-0.25, -0.2) is 0 Å². The van der Waals surface area contributed by atoms with Crippen LogP contribution in [0.1, 0.15) is 0 Å². The summed E-state index contributed by atoms with van der Waals surface area (Å²) in [6.45, 7) is 0. The van der Waals surface area contributed by atoms with Crippen molar-refractivity contribution >= 4 is 82.5 Å². The molecule has 53 heavy (non-hydrogen) atoms. The Morgan fingerprint density at radius 2 is 0.925 bits per heavy atom. The molecule has 3 heteroatoms. The highest BCUT2D eigenvalue weighted by atomic mass is 16.3.